The molecule has 0 aliphatic rings. The van der Waals surface area contributed by atoms with Gasteiger partial charge in [0.2, 0.25) is 0 Å². The molecule has 0 unspecified atom stereocenters. The van der Waals surface area contributed by atoms with E-state index in [-0.39, 0.29) is 5.82 Å². The molecule has 0 aliphatic heterocycles. The molecule has 0 aliphatic carbocycles. The monoisotopic (exact) mass is 342 g/mol. The van der Waals surface area contributed by atoms with Crippen molar-refractivity contribution in [1.29, 1.82) is 0 Å². The summed E-state index contributed by atoms with van der Waals surface area (Å²) in [6.07, 6.45) is 1.72. The van der Waals surface area contributed by atoms with Crippen LogP contribution in [0, 0.1) is 12.7 Å². The first-order valence-corrected chi connectivity index (χ1v) is 8.59. The number of aromatic nitrogens is 1. The third-order valence-electron chi connectivity index (χ3n) is 3.85. The van der Waals surface area contributed by atoms with Crippen molar-refractivity contribution < 1.29 is 4.39 Å². The molecule has 0 bridgehead atoms. The quantitative estimate of drug-likeness (QED) is 0.518. The molecule has 1 N–H and O–H groups in total. The highest BCUT2D eigenvalue weighted by molar-refractivity contribution is 7.16. The van der Waals surface area contributed by atoms with Crippen LogP contribution in [0.5, 0.6) is 0 Å². The Balaban J connectivity index is 1.92. The Labute approximate surface area is 144 Å². The predicted molar refractivity (Wildman–Crippen MR) is 100 cm³/mol. The highest BCUT2D eigenvalue weighted by atomic mass is 32.1. The SMILES string of the molecule is CCN(C)/C=N\c1cc(F)cc(Nc2ccc3ncsc3c2)c1C. The van der Waals surface area contributed by atoms with Gasteiger partial charge in [0.05, 0.1) is 27.8 Å². The van der Waals surface area contributed by atoms with Crippen LogP contribution in [0.15, 0.2) is 40.8 Å². The second-order valence-electron chi connectivity index (χ2n) is 5.58. The molecule has 124 valence electrons. The Kier molecular flexibility index (Phi) is 4.76. The van der Waals surface area contributed by atoms with Gasteiger partial charge in [-0.15, -0.1) is 11.3 Å². The molecule has 0 radical (unpaired) electrons. The van der Waals surface area contributed by atoms with Crippen molar-refractivity contribution in [2.24, 2.45) is 4.99 Å². The summed E-state index contributed by atoms with van der Waals surface area (Å²) in [6.45, 7) is 4.82. The van der Waals surface area contributed by atoms with Crippen molar-refractivity contribution in [2.75, 3.05) is 18.9 Å². The zero-order valence-corrected chi connectivity index (χ0v) is 14.7. The minimum atomic E-state index is -0.312. The number of fused-ring (bicyclic) bond motifs is 1. The molecule has 2 aromatic carbocycles. The number of hydrogen-bond donors (Lipinski definition) is 1. The molecule has 0 spiro atoms. The minimum absolute atomic E-state index is 0.312. The molecule has 0 saturated heterocycles. The smallest absolute Gasteiger partial charge is 0.127 e. The van der Waals surface area contributed by atoms with Crippen LogP contribution in [0.25, 0.3) is 10.2 Å². The van der Waals surface area contributed by atoms with Crippen molar-refractivity contribution in [3.8, 4) is 0 Å². The van der Waals surface area contributed by atoms with Crippen LogP contribution in [0.4, 0.5) is 21.5 Å². The number of hydrogen-bond acceptors (Lipinski definition) is 4. The summed E-state index contributed by atoms with van der Waals surface area (Å²) in [5.41, 5.74) is 5.93. The van der Waals surface area contributed by atoms with E-state index in [1.807, 2.05) is 49.5 Å². The molecule has 6 heteroatoms. The van der Waals surface area contributed by atoms with Gasteiger partial charge in [-0.2, -0.15) is 0 Å². The second-order valence-corrected chi connectivity index (χ2v) is 6.46. The maximum absolute atomic E-state index is 14.0. The van der Waals surface area contributed by atoms with Gasteiger partial charge in [0.15, 0.2) is 0 Å². The van der Waals surface area contributed by atoms with Crippen LogP contribution in [-0.4, -0.2) is 29.8 Å². The second kappa shape index (κ2) is 6.97. The molecule has 4 nitrogen and oxygen atoms in total. The van der Waals surface area contributed by atoms with Crippen molar-refractivity contribution >= 4 is 45.0 Å². The molecule has 3 aromatic rings. The first-order chi connectivity index (χ1) is 11.6. The van der Waals surface area contributed by atoms with Crippen LogP contribution in [0.3, 0.4) is 0 Å². The van der Waals surface area contributed by atoms with Gasteiger partial charge >= 0.3 is 0 Å². The van der Waals surface area contributed by atoms with Gasteiger partial charge in [-0.05, 0) is 49.7 Å². The lowest BCUT2D eigenvalue weighted by Gasteiger charge is -2.13. The Morgan fingerprint density at radius 1 is 1.33 bits per heavy atom. The normalized spacial score (nSPS) is 11.3. The van der Waals surface area contributed by atoms with E-state index in [0.717, 1.165) is 28.0 Å². The van der Waals surface area contributed by atoms with Gasteiger partial charge in [-0.3, -0.25) is 0 Å². The van der Waals surface area contributed by atoms with Crippen molar-refractivity contribution in [1.82, 2.24) is 9.88 Å². The van der Waals surface area contributed by atoms with Crippen LogP contribution in [-0.2, 0) is 0 Å². The Morgan fingerprint density at radius 3 is 2.96 bits per heavy atom. The Bertz CT molecular complexity index is 888. The predicted octanol–water partition coefficient (Wildman–Crippen LogP) is 5.10. The standard InChI is InChI=1S/C18H19FN4S/c1-4-23(3)10-20-16-7-13(19)8-17(12(16)2)22-14-5-6-15-18(9-14)24-11-21-15/h5-11,22H,4H2,1-3H3/b20-10-. The topological polar surface area (TPSA) is 40.5 Å². The van der Waals surface area contributed by atoms with Crippen molar-refractivity contribution in [3.63, 3.8) is 0 Å². The van der Waals surface area contributed by atoms with Gasteiger partial charge in [0.1, 0.15) is 5.82 Å². The molecule has 3 rings (SSSR count). The first-order valence-electron chi connectivity index (χ1n) is 7.71. The summed E-state index contributed by atoms with van der Waals surface area (Å²) in [6, 6.07) is 8.87. The average Bonchev–Trinajstić information content (AvgIpc) is 3.03. The maximum Gasteiger partial charge on any atom is 0.127 e. The Hall–Kier alpha value is -2.47. The lowest BCUT2D eigenvalue weighted by atomic mass is 10.1. The van der Waals surface area contributed by atoms with Crippen LogP contribution < -0.4 is 5.32 Å². The first kappa shape index (κ1) is 16.4. The average molecular weight is 342 g/mol. The van der Waals surface area contributed by atoms with Gasteiger partial charge < -0.3 is 10.2 Å². The van der Waals surface area contributed by atoms with Crippen molar-refractivity contribution in [2.45, 2.75) is 13.8 Å². The lowest BCUT2D eigenvalue weighted by molar-refractivity contribution is 0.552. The number of thiazole rings is 1. The summed E-state index contributed by atoms with van der Waals surface area (Å²) in [5.74, 6) is -0.312. The molecule has 1 aromatic heterocycles. The van der Waals surface area contributed by atoms with E-state index in [1.165, 1.54) is 12.1 Å². The third-order valence-corrected chi connectivity index (χ3v) is 4.64. The zero-order valence-electron chi connectivity index (χ0n) is 13.9. The number of benzene rings is 2. The number of rotatable bonds is 5. The van der Waals surface area contributed by atoms with E-state index in [0.29, 0.717) is 11.4 Å². The Morgan fingerprint density at radius 2 is 2.17 bits per heavy atom. The van der Waals surface area contributed by atoms with E-state index in [1.54, 1.807) is 17.7 Å². The third kappa shape index (κ3) is 3.54. The van der Waals surface area contributed by atoms with E-state index in [2.05, 4.69) is 15.3 Å². The van der Waals surface area contributed by atoms with Crippen LogP contribution in [0.1, 0.15) is 12.5 Å². The summed E-state index contributed by atoms with van der Waals surface area (Å²) >= 11 is 1.58. The molecular formula is C18H19FN4S. The number of nitrogens with one attached hydrogen (secondary N) is 1. The molecule has 0 amide bonds. The highest BCUT2D eigenvalue weighted by Gasteiger charge is 2.08. The molecule has 0 fully saturated rings. The minimum Gasteiger partial charge on any atom is -0.366 e. The summed E-state index contributed by atoms with van der Waals surface area (Å²) in [4.78, 5) is 10.6. The molecular weight excluding hydrogens is 323 g/mol. The van der Waals surface area contributed by atoms with Crippen LogP contribution in [0.2, 0.25) is 0 Å². The highest BCUT2D eigenvalue weighted by Crippen LogP contribution is 2.31. The van der Waals surface area contributed by atoms with Gasteiger partial charge in [0, 0.05) is 25.0 Å². The van der Waals surface area contributed by atoms with Crippen LogP contribution >= 0.6 is 11.3 Å². The molecule has 24 heavy (non-hydrogen) atoms. The lowest BCUT2D eigenvalue weighted by Crippen LogP contribution is -2.14. The summed E-state index contributed by atoms with van der Waals surface area (Å²) in [7, 11) is 1.93. The number of halogens is 1. The largest absolute Gasteiger partial charge is 0.366 e. The zero-order chi connectivity index (χ0) is 17.1. The van der Waals surface area contributed by atoms with E-state index >= 15 is 0 Å². The van der Waals surface area contributed by atoms with E-state index in [4.69, 9.17) is 0 Å². The number of aliphatic imine (C=N–C) groups is 1. The van der Waals surface area contributed by atoms with Crippen molar-refractivity contribution in [3.05, 3.63) is 47.2 Å². The number of nitrogens with zero attached hydrogens (tertiary/aromatic N) is 3. The molecule has 1 heterocycles. The fourth-order valence-electron chi connectivity index (χ4n) is 2.26. The summed E-state index contributed by atoms with van der Waals surface area (Å²) in [5, 5.41) is 3.29. The van der Waals surface area contributed by atoms with E-state index < -0.39 is 0 Å². The van der Waals surface area contributed by atoms with Gasteiger partial charge in [0.25, 0.3) is 0 Å². The van der Waals surface area contributed by atoms with Gasteiger partial charge in [-0.1, -0.05) is 0 Å². The molecule has 0 atom stereocenters. The fourth-order valence-corrected chi connectivity index (χ4v) is 2.98. The number of anilines is 2. The maximum atomic E-state index is 14.0. The molecule has 0 saturated carbocycles. The fraction of sp³-hybridized carbons (Fsp3) is 0.222. The summed E-state index contributed by atoms with van der Waals surface area (Å²) < 4.78 is 15.1. The van der Waals surface area contributed by atoms with E-state index in [9.17, 15) is 4.39 Å². The van der Waals surface area contributed by atoms with Gasteiger partial charge in [-0.25, -0.2) is 14.4 Å².